The van der Waals surface area contributed by atoms with Gasteiger partial charge in [0.25, 0.3) is 5.56 Å². The molecule has 0 spiro atoms. The van der Waals surface area contributed by atoms with E-state index in [-0.39, 0.29) is 18.0 Å². The molecule has 0 radical (unpaired) electrons. The molecule has 2 aromatic heterocycles. The number of carbonyl (C=O) groups is 1. The third-order valence-electron chi connectivity index (χ3n) is 4.24. The number of aryl methyl sites for hydroxylation is 1. The summed E-state index contributed by atoms with van der Waals surface area (Å²) in [5.74, 6) is -0.361. The Bertz CT molecular complexity index is 1230. The Balaban J connectivity index is 1.62. The zero-order valence-corrected chi connectivity index (χ0v) is 16.4. The van der Waals surface area contributed by atoms with Crippen LogP contribution in [0.1, 0.15) is 5.56 Å². The first-order valence-electron chi connectivity index (χ1n) is 8.49. The Kier molecular flexibility index (Phi) is 4.93. The third-order valence-corrected chi connectivity index (χ3v) is 5.39. The highest BCUT2D eigenvalue weighted by Crippen LogP contribution is 2.27. The molecule has 1 N–H and O–H groups in total. The average molecular weight is 411 g/mol. The number of rotatable bonds is 4. The van der Waals surface area contributed by atoms with E-state index >= 15 is 0 Å². The fraction of sp³-hybridized carbons (Fsp3) is 0.100. The molecule has 0 saturated heterocycles. The molecule has 140 valence electrons. The van der Waals surface area contributed by atoms with E-state index in [1.807, 2.05) is 31.2 Å². The maximum absolute atomic E-state index is 12.8. The van der Waals surface area contributed by atoms with Crippen LogP contribution < -0.4 is 10.9 Å². The molecule has 1 amide bonds. The molecule has 0 unspecified atom stereocenters. The number of carbonyl (C=O) groups excluding carboxylic acids is 1. The van der Waals surface area contributed by atoms with Gasteiger partial charge in [-0.25, -0.2) is 4.98 Å². The number of nitrogens with one attached hydrogen (secondary N) is 1. The van der Waals surface area contributed by atoms with Gasteiger partial charge in [0.05, 0.1) is 17.0 Å². The fourth-order valence-electron chi connectivity index (χ4n) is 2.78. The van der Waals surface area contributed by atoms with Crippen molar-refractivity contribution in [2.45, 2.75) is 13.5 Å². The molecule has 0 aliphatic rings. The van der Waals surface area contributed by atoms with Gasteiger partial charge in [0.1, 0.15) is 22.5 Å². The summed E-state index contributed by atoms with van der Waals surface area (Å²) < 4.78 is 6.09. The van der Waals surface area contributed by atoms with Crippen LogP contribution in [0.5, 0.6) is 0 Å². The summed E-state index contributed by atoms with van der Waals surface area (Å²) in [7, 11) is 0. The highest BCUT2D eigenvalue weighted by atomic mass is 35.5. The van der Waals surface area contributed by atoms with Crippen molar-refractivity contribution in [2.75, 3.05) is 5.32 Å². The molecule has 4 aromatic rings. The van der Waals surface area contributed by atoms with Gasteiger partial charge in [0, 0.05) is 5.56 Å². The smallest absolute Gasteiger partial charge is 0.273 e. The molecule has 8 heteroatoms. The molecule has 6 nitrogen and oxygen atoms in total. The summed E-state index contributed by atoms with van der Waals surface area (Å²) in [5.41, 5.74) is 3.46. The molecule has 2 heterocycles. The van der Waals surface area contributed by atoms with Crippen molar-refractivity contribution in [3.63, 3.8) is 0 Å². The third kappa shape index (κ3) is 3.54. The van der Waals surface area contributed by atoms with Gasteiger partial charge in [-0.05, 0) is 30.6 Å². The molecular weight excluding hydrogens is 396 g/mol. The lowest BCUT2D eigenvalue weighted by atomic mass is 10.1. The second kappa shape index (κ2) is 7.53. The van der Waals surface area contributed by atoms with Gasteiger partial charge in [-0.15, -0.1) is 0 Å². The minimum atomic E-state index is -0.361. The predicted octanol–water partition coefficient (Wildman–Crippen LogP) is 4.12. The Labute approximate surface area is 169 Å². The Morgan fingerprint density at radius 3 is 2.68 bits per heavy atom. The lowest BCUT2D eigenvalue weighted by molar-refractivity contribution is -0.116. The van der Waals surface area contributed by atoms with Crippen molar-refractivity contribution in [2.24, 2.45) is 0 Å². The van der Waals surface area contributed by atoms with Gasteiger partial charge >= 0.3 is 0 Å². The van der Waals surface area contributed by atoms with Crippen molar-refractivity contribution in [3.05, 3.63) is 75.8 Å². The molecule has 28 heavy (non-hydrogen) atoms. The van der Waals surface area contributed by atoms with E-state index < -0.39 is 0 Å². The van der Waals surface area contributed by atoms with Crippen molar-refractivity contribution in [1.82, 2.24) is 13.9 Å². The van der Waals surface area contributed by atoms with E-state index in [0.29, 0.717) is 26.6 Å². The van der Waals surface area contributed by atoms with E-state index in [2.05, 4.69) is 14.7 Å². The fourth-order valence-corrected chi connectivity index (χ4v) is 3.76. The summed E-state index contributed by atoms with van der Waals surface area (Å²) in [6.45, 7) is 1.85. The standard InChI is InChI=1S/C20H15ClN4O2S/c1-12-6-8-13(9-7-12)17-18-19(28-24-17)20(27)25(11-22-18)10-16(26)23-15-5-3-2-4-14(15)21/h2-9,11H,10H2,1H3,(H,23,26). The minimum absolute atomic E-state index is 0.162. The number of para-hydroxylation sites is 1. The van der Waals surface area contributed by atoms with Crippen LogP contribution in [0.2, 0.25) is 5.02 Å². The van der Waals surface area contributed by atoms with Crippen LogP contribution in [0.4, 0.5) is 5.69 Å². The van der Waals surface area contributed by atoms with E-state index in [9.17, 15) is 9.59 Å². The van der Waals surface area contributed by atoms with Gasteiger partial charge in [-0.2, -0.15) is 4.37 Å². The molecule has 0 aliphatic carbocycles. The van der Waals surface area contributed by atoms with Crippen LogP contribution >= 0.6 is 23.1 Å². The molecular formula is C20H15ClN4O2S. The SMILES string of the molecule is Cc1ccc(-c2nsc3c(=O)n(CC(=O)Nc4ccccc4Cl)cnc23)cc1. The Morgan fingerprint density at radius 2 is 1.93 bits per heavy atom. The summed E-state index contributed by atoms with van der Waals surface area (Å²) in [6.07, 6.45) is 1.38. The van der Waals surface area contributed by atoms with Gasteiger partial charge in [0.2, 0.25) is 5.91 Å². The lowest BCUT2D eigenvalue weighted by Gasteiger charge is -2.08. The van der Waals surface area contributed by atoms with Crippen molar-refractivity contribution in [3.8, 4) is 11.3 Å². The maximum Gasteiger partial charge on any atom is 0.273 e. The summed E-state index contributed by atoms with van der Waals surface area (Å²) >= 11 is 7.14. The van der Waals surface area contributed by atoms with Crippen LogP contribution in [0.3, 0.4) is 0 Å². The number of fused-ring (bicyclic) bond motifs is 1. The van der Waals surface area contributed by atoms with Crippen molar-refractivity contribution >= 4 is 44.9 Å². The second-order valence-corrected chi connectivity index (χ2v) is 7.46. The maximum atomic E-state index is 12.8. The predicted molar refractivity (Wildman–Crippen MR) is 112 cm³/mol. The molecule has 0 saturated carbocycles. The molecule has 4 rings (SSSR count). The Morgan fingerprint density at radius 1 is 1.18 bits per heavy atom. The first-order valence-corrected chi connectivity index (χ1v) is 9.64. The largest absolute Gasteiger partial charge is 0.323 e. The van der Waals surface area contributed by atoms with E-state index in [4.69, 9.17) is 11.6 Å². The van der Waals surface area contributed by atoms with Crippen LogP contribution in [-0.2, 0) is 11.3 Å². The van der Waals surface area contributed by atoms with Crippen LogP contribution in [0, 0.1) is 6.92 Å². The zero-order valence-electron chi connectivity index (χ0n) is 14.8. The van der Waals surface area contributed by atoms with Crippen molar-refractivity contribution in [1.29, 1.82) is 0 Å². The highest BCUT2D eigenvalue weighted by molar-refractivity contribution is 7.13. The summed E-state index contributed by atoms with van der Waals surface area (Å²) in [4.78, 5) is 29.5. The van der Waals surface area contributed by atoms with E-state index in [1.165, 1.54) is 10.9 Å². The summed E-state index contributed by atoms with van der Waals surface area (Å²) in [6, 6.07) is 14.8. The average Bonchev–Trinajstić information content (AvgIpc) is 3.11. The van der Waals surface area contributed by atoms with Crippen LogP contribution in [0.15, 0.2) is 59.7 Å². The van der Waals surface area contributed by atoms with E-state index in [0.717, 1.165) is 22.7 Å². The monoisotopic (exact) mass is 410 g/mol. The first-order chi connectivity index (χ1) is 13.5. The number of nitrogens with zero attached hydrogens (tertiary/aromatic N) is 3. The van der Waals surface area contributed by atoms with E-state index in [1.54, 1.807) is 24.3 Å². The number of benzene rings is 2. The first kappa shape index (κ1) is 18.3. The second-order valence-electron chi connectivity index (χ2n) is 6.28. The molecule has 0 aliphatic heterocycles. The van der Waals surface area contributed by atoms with Gasteiger partial charge in [0.15, 0.2) is 0 Å². The number of anilines is 1. The van der Waals surface area contributed by atoms with Gasteiger partial charge < -0.3 is 5.32 Å². The normalized spacial score (nSPS) is 10.9. The molecule has 2 aromatic carbocycles. The van der Waals surface area contributed by atoms with Crippen molar-refractivity contribution < 1.29 is 4.79 Å². The topological polar surface area (TPSA) is 76.9 Å². The number of amides is 1. The highest BCUT2D eigenvalue weighted by Gasteiger charge is 2.16. The minimum Gasteiger partial charge on any atom is -0.323 e. The molecule has 0 bridgehead atoms. The summed E-state index contributed by atoms with van der Waals surface area (Å²) in [5, 5.41) is 3.13. The number of halogens is 1. The number of aromatic nitrogens is 3. The zero-order chi connectivity index (χ0) is 19.7. The quantitative estimate of drug-likeness (QED) is 0.549. The Hall–Kier alpha value is -3.03. The van der Waals surface area contributed by atoms with Gasteiger partial charge in [-0.3, -0.25) is 14.2 Å². The van der Waals surface area contributed by atoms with Crippen LogP contribution in [-0.4, -0.2) is 19.8 Å². The number of hydrogen-bond acceptors (Lipinski definition) is 5. The lowest BCUT2D eigenvalue weighted by Crippen LogP contribution is -2.27. The van der Waals surface area contributed by atoms with Crippen LogP contribution in [0.25, 0.3) is 21.5 Å². The molecule has 0 fully saturated rings. The van der Waals surface area contributed by atoms with Gasteiger partial charge in [-0.1, -0.05) is 53.6 Å². The molecule has 0 atom stereocenters. The number of hydrogen-bond donors (Lipinski definition) is 1.